The van der Waals surface area contributed by atoms with E-state index in [1.165, 1.54) is 37.7 Å². The molecule has 1 aromatic carbocycles. The van der Waals surface area contributed by atoms with Crippen molar-refractivity contribution in [3.63, 3.8) is 0 Å². The quantitative estimate of drug-likeness (QED) is 0.603. The molecule has 2 aliphatic rings. The first-order valence-corrected chi connectivity index (χ1v) is 10.4. The van der Waals surface area contributed by atoms with E-state index in [4.69, 9.17) is 17.0 Å². The van der Waals surface area contributed by atoms with E-state index in [2.05, 4.69) is 10.2 Å². The first-order chi connectivity index (χ1) is 12.7. The van der Waals surface area contributed by atoms with E-state index in [0.29, 0.717) is 36.7 Å². The van der Waals surface area contributed by atoms with Crippen molar-refractivity contribution in [3.8, 4) is 0 Å². The zero-order chi connectivity index (χ0) is 18.2. The number of carbonyl (C=O) groups is 1. The molecular formula is C21H30N2O2S. The number of amides is 1. The maximum Gasteiger partial charge on any atom is 0.256 e. The molecule has 2 fully saturated rings. The lowest BCUT2D eigenvalue weighted by atomic mass is 9.78. The van der Waals surface area contributed by atoms with E-state index in [1.807, 2.05) is 30.3 Å². The second-order valence-electron chi connectivity index (χ2n) is 7.42. The molecule has 5 heteroatoms. The van der Waals surface area contributed by atoms with E-state index in [1.54, 1.807) is 0 Å². The van der Waals surface area contributed by atoms with Gasteiger partial charge >= 0.3 is 0 Å². The lowest BCUT2D eigenvalue weighted by Crippen LogP contribution is -2.49. The molecule has 0 bridgehead atoms. The van der Waals surface area contributed by atoms with E-state index >= 15 is 0 Å². The second kappa shape index (κ2) is 9.91. The Kier molecular flexibility index (Phi) is 7.30. The maximum absolute atomic E-state index is 12.6. The summed E-state index contributed by atoms with van der Waals surface area (Å²) in [6, 6.07) is 10.6. The van der Waals surface area contributed by atoms with Crippen LogP contribution in [-0.4, -0.2) is 35.2 Å². The molecule has 3 rings (SSSR count). The van der Waals surface area contributed by atoms with Gasteiger partial charge in [0.15, 0.2) is 0 Å². The minimum Gasteiger partial charge on any atom is -0.471 e. The fourth-order valence-corrected chi connectivity index (χ4v) is 4.44. The van der Waals surface area contributed by atoms with Gasteiger partial charge in [-0.2, -0.15) is 0 Å². The lowest BCUT2D eigenvalue weighted by molar-refractivity contribution is -0.137. The summed E-state index contributed by atoms with van der Waals surface area (Å²) in [5.74, 6) is 1.04. The number of benzene rings is 1. The number of thiocarbonyl (C=S) groups is 1. The number of ether oxygens (including phenoxy) is 1. The van der Waals surface area contributed by atoms with Gasteiger partial charge in [-0.05, 0) is 55.8 Å². The van der Waals surface area contributed by atoms with Crippen molar-refractivity contribution in [2.24, 2.45) is 5.92 Å². The van der Waals surface area contributed by atoms with Crippen LogP contribution in [0.1, 0.15) is 56.9 Å². The van der Waals surface area contributed by atoms with Crippen LogP contribution in [0.4, 0.5) is 0 Å². The summed E-state index contributed by atoms with van der Waals surface area (Å²) in [5, 5.41) is 3.51. The molecule has 1 heterocycles. The van der Waals surface area contributed by atoms with Gasteiger partial charge in [0.25, 0.3) is 5.17 Å². The molecule has 1 unspecified atom stereocenters. The smallest absolute Gasteiger partial charge is 0.256 e. The molecule has 1 saturated carbocycles. The zero-order valence-corrected chi connectivity index (χ0v) is 16.3. The zero-order valence-electron chi connectivity index (χ0n) is 15.5. The minimum atomic E-state index is 0.299. The van der Waals surface area contributed by atoms with Crippen LogP contribution in [0.5, 0.6) is 0 Å². The SMILES string of the molecule is O=C(CCCOC(=S)NCc1ccccc1)N1CCCC2CCCC[C@@H]21. The Morgan fingerprint density at radius 1 is 1.15 bits per heavy atom. The number of hydrogen-bond acceptors (Lipinski definition) is 3. The summed E-state index contributed by atoms with van der Waals surface area (Å²) >= 11 is 5.20. The number of nitrogens with zero attached hydrogens (tertiary/aromatic N) is 1. The molecule has 1 aliphatic carbocycles. The van der Waals surface area contributed by atoms with Gasteiger partial charge < -0.3 is 15.0 Å². The average Bonchev–Trinajstić information content (AvgIpc) is 2.70. The van der Waals surface area contributed by atoms with Crippen LogP contribution < -0.4 is 5.32 Å². The highest BCUT2D eigenvalue weighted by molar-refractivity contribution is 7.80. The largest absolute Gasteiger partial charge is 0.471 e. The molecule has 1 aromatic rings. The molecule has 142 valence electrons. The third-order valence-corrected chi connectivity index (χ3v) is 5.87. The molecule has 0 aromatic heterocycles. The van der Waals surface area contributed by atoms with Crippen molar-refractivity contribution >= 4 is 23.3 Å². The molecule has 1 amide bonds. The average molecular weight is 375 g/mol. The van der Waals surface area contributed by atoms with E-state index < -0.39 is 0 Å². The van der Waals surface area contributed by atoms with Crippen LogP contribution >= 0.6 is 12.2 Å². The fourth-order valence-electron chi connectivity index (χ4n) is 4.29. The van der Waals surface area contributed by atoms with Crippen LogP contribution in [0.15, 0.2) is 30.3 Å². The standard InChI is InChI=1S/C21H30N2O2S/c24-20(23-14-6-11-18-10-4-5-12-19(18)23)13-7-15-25-21(26)22-16-17-8-2-1-3-9-17/h1-3,8-9,18-19H,4-7,10-16H2,(H,22,26)/t18?,19-/m0/s1. The van der Waals surface area contributed by atoms with E-state index in [-0.39, 0.29) is 0 Å². The van der Waals surface area contributed by atoms with Gasteiger partial charge in [0, 0.05) is 25.6 Å². The molecule has 26 heavy (non-hydrogen) atoms. The molecular weight excluding hydrogens is 344 g/mol. The van der Waals surface area contributed by atoms with Crippen molar-refractivity contribution in [1.82, 2.24) is 10.2 Å². The van der Waals surface area contributed by atoms with Crippen molar-refractivity contribution in [1.29, 1.82) is 0 Å². The summed E-state index contributed by atoms with van der Waals surface area (Å²) in [6.45, 7) is 2.10. The van der Waals surface area contributed by atoms with Gasteiger partial charge in [0.1, 0.15) is 0 Å². The number of fused-ring (bicyclic) bond motifs is 1. The topological polar surface area (TPSA) is 41.6 Å². The summed E-state index contributed by atoms with van der Waals surface area (Å²) in [6.07, 6.45) is 8.86. The van der Waals surface area contributed by atoms with Crippen LogP contribution in [-0.2, 0) is 16.1 Å². The predicted molar refractivity (Wildman–Crippen MR) is 108 cm³/mol. The maximum atomic E-state index is 12.6. The Morgan fingerprint density at radius 3 is 2.77 bits per heavy atom. The molecule has 1 saturated heterocycles. The Labute approximate surface area is 162 Å². The molecule has 1 aliphatic heterocycles. The Morgan fingerprint density at radius 2 is 1.92 bits per heavy atom. The second-order valence-corrected chi connectivity index (χ2v) is 7.79. The number of hydrogen-bond donors (Lipinski definition) is 1. The van der Waals surface area contributed by atoms with Gasteiger partial charge in [-0.25, -0.2) is 0 Å². The van der Waals surface area contributed by atoms with Crippen molar-refractivity contribution in [2.45, 2.75) is 64.0 Å². The first-order valence-electron chi connectivity index (χ1n) is 9.98. The van der Waals surface area contributed by atoms with Gasteiger partial charge in [-0.1, -0.05) is 43.2 Å². The van der Waals surface area contributed by atoms with E-state index in [9.17, 15) is 4.79 Å². The number of rotatable bonds is 6. The highest BCUT2D eigenvalue weighted by Gasteiger charge is 2.35. The predicted octanol–water partition coefficient (Wildman–Crippen LogP) is 4.04. The molecule has 0 spiro atoms. The number of piperidine rings is 1. The van der Waals surface area contributed by atoms with Gasteiger partial charge in [0.2, 0.25) is 5.91 Å². The van der Waals surface area contributed by atoms with Crippen molar-refractivity contribution in [3.05, 3.63) is 35.9 Å². The minimum absolute atomic E-state index is 0.299. The highest BCUT2D eigenvalue weighted by atomic mass is 32.1. The third kappa shape index (κ3) is 5.44. The highest BCUT2D eigenvalue weighted by Crippen LogP contribution is 2.35. The van der Waals surface area contributed by atoms with Gasteiger partial charge in [-0.3, -0.25) is 4.79 Å². The molecule has 1 N–H and O–H groups in total. The third-order valence-electron chi connectivity index (χ3n) is 5.61. The Bertz CT molecular complexity index is 591. The van der Waals surface area contributed by atoms with Crippen LogP contribution in [0.2, 0.25) is 0 Å². The number of nitrogens with one attached hydrogen (secondary N) is 1. The monoisotopic (exact) mass is 374 g/mol. The van der Waals surface area contributed by atoms with Crippen LogP contribution in [0.25, 0.3) is 0 Å². The normalized spacial score (nSPS) is 22.4. The Hall–Kier alpha value is -1.62. The summed E-state index contributed by atoms with van der Waals surface area (Å²) in [7, 11) is 0. The summed E-state index contributed by atoms with van der Waals surface area (Å²) in [4.78, 5) is 14.8. The number of likely N-dealkylation sites (tertiary alicyclic amines) is 1. The van der Waals surface area contributed by atoms with Crippen LogP contribution in [0.3, 0.4) is 0 Å². The first kappa shape index (κ1) is 19.2. The van der Waals surface area contributed by atoms with Crippen LogP contribution in [0, 0.1) is 5.92 Å². The summed E-state index contributed by atoms with van der Waals surface area (Å²) < 4.78 is 5.56. The lowest BCUT2D eigenvalue weighted by Gasteiger charge is -2.44. The summed E-state index contributed by atoms with van der Waals surface area (Å²) in [5.41, 5.74) is 1.17. The Balaban J connectivity index is 1.32. The number of carbonyl (C=O) groups excluding carboxylic acids is 1. The molecule has 0 radical (unpaired) electrons. The fraction of sp³-hybridized carbons (Fsp3) is 0.619. The van der Waals surface area contributed by atoms with Gasteiger partial charge in [-0.15, -0.1) is 0 Å². The van der Waals surface area contributed by atoms with Crippen molar-refractivity contribution < 1.29 is 9.53 Å². The van der Waals surface area contributed by atoms with Crippen molar-refractivity contribution in [2.75, 3.05) is 13.2 Å². The van der Waals surface area contributed by atoms with Gasteiger partial charge in [0.05, 0.1) is 6.61 Å². The molecule has 4 nitrogen and oxygen atoms in total. The molecule has 2 atom stereocenters. The van der Waals surface area contributed by atoms with E-state index in [0.717, 1.165) is 25.3 Å².